The number of benzene rings is 1. The summed E-state index contributed by atoms with van der Waals surface area (Å²) in [6.07, 6.45) is 1.83. The Balaban J connectivity index is 2.39. The van der Waals surface area contributed by atoms with E-state index in [0.29, 0.717) is 21.7 Å². The van der Waals surface area contributed by atoms with Crippen LogP contribution in [0.5, 0.6) is 0 Å². The number of rotatable bonds is 2. The minimum atomic E-state index is 0.540. The molecule has 1 aliphatic rings. The molecule has 16 heavy (non-hydrogen) atoms. The van der Waals surface area contributed by atoms with E-state index in [-0.39, 0.29) is 0 Å². The maximum atomic E-state index is 6.04. The van der Waals surface area contributed by atoms with Crippen molar-refractivity contribution in [3.05, 3.63) is 28.2 Å². The van der Waals surface area contributed by atoms with Crippen LogP contribution in [0.15, 0.2) is 28.2 Å². The maximum absolute atomic E-state index is 6.04. The van der Waals surface area contributed by atoms with Gasteiger partial charge >= 0.3 is 0 Å². The van der Waals surface area contributed by atoms with Crippen LogP contribution in [0.3, 0.4) is 0 Å². The number of hydrogen-bond acceptors (Lipinski definition) is 1. The van der Waals surface area contributed by atoms with Gasteiger partial charge in [0, 0.05) is 12.8 Å². The molecule has 1 heterocycles. The van der Waals surface area contributed by atoms with Crippen LogP contribution >= 0.6 is 23.2 Å². The summed E-state index contributed by atoms with van der Waals surface area (Å²) in [6.45, 7) is 3.71. The predicted octanol–water partition coefficient (Wildman–Crippen LogP) is 3.39. The molecule has 0 bridgehead atoms. The van der Waals surface area contributed by atoms with E-state index >= 15 is 0 Å². The van der Waals surface area contributed by atoms with Gasteiger partial charge in [-0.25, -0.2) is 9.98 Å². The fourth-order valence-electron chi connectivity index (χ4n) is 1.45. The highest BCUT2D eigenvalue weighted by molar-refractivity contribution is 6.38. The van der Waals surface area contributed by atoms with E-state index in [0.717, 1.165) is 13.1 Å². The Morgan fingerprint density at radius 3 is 2.69 bits per heavy atom. The molecule has 0 N–H and O–H groups in total. The lowest BCUT2D eigenvalue weighted by Gasteiger charge is -2.14. The van der Waals surface area contributed by atoms with Gasteiger partial charge < -0.3 is 4.90 Å². The molecular weight excluding hydrogens is 245 g/mol. The molecular formula is C11H11Cl2N3. The predicted molar refractivity (Wildman–Crippen MR) is 69.3 cm³/mol. The molecule has 0 radical (unpaired) electrons. The van der Waals surface area contributed by atoms with E-state index in [1.807, 2.05) is 11.1 Å². The third kappa shape index (κ3) is 2.20. The van der Waals surface area contributed by atoms with Crippen molar-refractivity contribution in [1.29, 1.82) is 0 Å². The van der Waals surface area contributed by atoms with Crippen molar-refractivity contribution in [3.8, 4) is 0 Å². The summed E-state index contributed by atoms with van der Waals surface area (Å²) in [6, 6.07) is 5.33. The van der Waals surface area contributed by atoms with E-state index in [2.05, 4.69) is 16.9 Å². The fourth-order valence-corrected chi connectivity index (χ4v) is 1.93. The molecule has 0 aromatic heterocycles. The van der Waals surface area contributed by atoms with Gasteiger partial charge in [-0.1, -0.05) is 29.3 Å². The highest BCUT2D eigenvalue weighted by atomic mass is 35.5. The molecule has 0 unspecified atom stereocenters. The molecule has 0 saturated carbocycles. The van der Waals surface area contributed by atoms with Crippen LogP contribution in [-0.2, 0) is 0 Å². The Labute approximate surface area is 104 Å². The van der Waals surface area contributed by atoms with Crippen molar-refractivity contribution in [2.75, 3.05) is 13.1 Å². The zero-order valence-electron chi connectivity index (χ0n) is 8.82. The van der Waals surface area contributed by atoms with Gasteiger partial charge in [-0.05, 0) is 19.1 Å². The molecule has 0 fully saturated rings. The van der Waals surface area contributed by atoms with Crippen molar-refractivity contribution in [1.82, 2.24) is 4.90 Å². The first-order valence-corrected chi connectivity index (χ1v) is 5.78. The summed E-state index contributed by atoms with van der Waals surface area (Å²) in [5.41, 5.74) is 0.582. The van der Waals surface area contributed by atoms with E-state index in [1.54, 1.807) is 18.2 Å². The number of nitrogens with zero attached hydrogens (tertiary/aromatic N) is 3. The minimum absolute atomic E-state index is 0.540. The van der Waals surface area contributed by atoms with Gasteiger partial charge in [0.1, 0.15) is 5.69 Å². The van der Waals surface area contributed by atoms with Crippen molar-refractivity contribution >= 4 is 41.1 Å². The van der Waals surface area contributed by atoms with E-state index < -0.39 is 0 Å². The summed E-state index contributed by atoms with van der Waals surface area (Å²) in [5.74, 6) is 0.664. The van der Waals surface area contributed by atoms with Crippen LogP contribution in [0.25, 0.3) is 0 Å². The molecule has 1 aromatic carbocycles. The van der Waals surface area contributed by atoms with Gasteiger partial charge in [0.05, 0.1) is 16.6 Å². The maximum Gasteiger partial charge on any atom is 0.226 e. The molecule has 0 atom stereocenters. The van der Waals surface area contributed by atoms with E-state index in [1.165, 1.54) is 0 Å². The average molecular weight is 256 g/mol. The normalized spacial score (nSPS) is 17.4. The quantitative estimate of drug-likeness (QED) is 0.797. The van der Waals surface area contributed by atoms with Crippen LogP contribution in [0, 0.1) is 0 Å². The largest absolute Gasteiger partial charge is 0.336 e. The van der Waals surface area contributed by atoms with Crippen molar-refractivity contribution in [2.45, 2.75) is 6.92 Å². The van der Waals surface area contributed by atoms with Crippen molar-refractivity contribution in [2.24, 2.45) is 9.98 Å². The van der Waals surface area contributed by atoms with Crippen molar-refractivity contribution < 1.29 is 0 Å². The smallest absolute Gasteiger partial charge is 0.226 e. The Bertz CT molecular complexity index is 434. The number of guanidine groups is 1. The third-order valence-electron chi connectivity index (χ3n) is 2.32. The minimum Gasteiger partial charge on any atom is -0.336 e. The standard InChI is InChI=1S/C11H11Cl2N3/c1-2-16-7-6-14-11(16)15-10-8(12)4-3-5-9(10)13/h3-6H,2,7H2,1H3. The highest BCUT2D eigenvalue weighted by Gasteiger charge is 2.14. The Morgan fingerprint density at radius 1 is 1.38 bits per heavy atom. The molecule has 0 saturated heterocycles. The van der Waals surface area contributed by atoms with Gasteiger partial charge in [0.15, 0.2) is 0 Å². The highest BCUT2D eigenvalue weighted by Crippen LogP contribution is 2.33. The molecule has 0 spiro atoms. The van der Waals surface area contributed by atoms with Gasteiger partial charge in [-0.2, -0.15) is 0 Å². The second kappa shape index (κ2) is 4.85. The zero-order chi connectivity index (χ0) is 11.5. The third-order valence-corrected chi connectivity index (χ3v) is 2.93. The topological polar surface area (TPSA) is 28.0 Å². The van der Waals surface area contributed by atoms with Crippen LogP contribution in [0.4, 0.5) is 5.69 Å². The lowest BCUT2D eigenvalue weighted by Crippen LogP contribution is -2.25. The van der Waals surface area contributed by atoms with Crippen molar-refractivity contribution in [3.63, 3.8) is 0 Å². The lowest BCUT2D eigenvalue weighted by molar-refractivity contribution is 0.513. The average Bonchev–Trinajstić information content (AvgIpc) is 2.71. The lowest BCUT2D eigenvalue weighted by atomic mass is 10.3. The van der Waals surface area contributed by atoms with E-state index in [4.69, 9.17) is 23.2 Å². The number of aliphatic imine (C=N–C) groups is 2. The first kappa shape index (κ1) is 11.4. The second-order valence-electron chi connectivity index (χ2n) is 3.33. The van der Waals surface area contributed by atoms with Gasteiger partial charge in [-0.3, -0.25) is 0 Å². The van der Waals surface area contributed by atoms with E-state index in [9.17, 15) is 0 Å². The first-order chi connectivity index (χ1) is 7.72. The first-order valence-electron chi connectivity index (χ1n) is 5.02. The van der Waals surface area contributed by atoms with Crippen LogP contribution in [0.2, 0.25) is 10.0 Å². The summed E-state index contributed by atoms with van der Waals surface area (Å²) in [7, 11) is 0. The summed E-state index contributed by atoms with van der Waals surface area (Å²) in [5, 5.41) is 1.08. The Hall–Kier alpha value is -1.06. The summed E-state index contributed by atoms with van der Waals surface area (Å²) in [4.78, 5) is 10.6. The monoisotopic (exact) mass is 255 g/mol. The number of hydrogen-bond donors (Lipinski definition) is 0. The molecule has 1 aliphatic heterocycles. The Kier molecular flexibility index (Phi) is 3.46. The molecule has 5 heteroatoms. The summed E-state index contributed by atoms with van der Waals surface area (Å²) >= 11 is 12.1. The molecule has 84 valence electrons. The Morgan fingerprint density at radius 2 is 2.06 bits per heavy atom. The second-order valence-corrected chi connectivity index (χ2v) is 4.15. The van der Waals surface area contributed by atoms with Gasteiger partial charge in [0.2, 0.25) is 5.96 Å². The molecule has 1 aromatic rings. The zero-order valence-corrected chi connectivity index (χ0v) is 10.3. The molecule has 2 rings (SSSR count). The molecule has 3 nitrogen and oxygen atoms in total. The molecule has 0 amide bonds. The fraction of sp³-hybridized carbons (Fsp3) is 0.273. The van der Waals surface area contributed by atoms with Gasteiger partial charge in [-0.15, -0.1) is 0 Å². The summed E-state index contributed by atoms with van der Waals surface area (Å²) < 4.78 is 0. The number of halogens is 2. The van der Waals surface area contributed by atoms with Crippen LogP contribution in [0.1, 0.15) is 6.92 Å². The van der Waals surface area contributed by atoms with Gasteiger partial charge in [0.25, 0.3) is 0 Å². The van der Waals surface area contributed by atoms with Crippen LogP contribution < -0.4 is 0 Å². The van der Waals surface area contributed by atoms with Crippen LogP contribution in [-0.4, -0.2) is 30.2 Å². The number of para-hydroxylation sites is 1. The molecule has 0 aliphatic carbocycles. The SMILES string of the molecule is CCN1CC=NC1=Nc1c(Cl)cccc1Cl.